The number of alkyl halides is 3. The minimum Gasteiger partial charge on any atom is -0.350 e. The number of carbonyl (C=O) groups excluding carboxylic acids is 2. The van der Waals surface area contributed by atoms with E-state index in [1.54, 1.807) is 17.4 Å². The van der Waals surface area contributed by atoms with Crippen molar-refractivity contribution in [3.05, 3.63) is 34.9 Å². The fraction of sp³-hybridized carbons (Fsp3) is 0.273. The van der Waals surface area contributed by atoms with Crippen molar-refractivity contribution in [3.63, 3.8) is 0 Å². The molecule has 0 bridgehead atoms. The van der Waals surface area contributed by atoms with Crippen molar-refractivity contribution in [2.75, 3.05) is 13.1 Å². The molecule has 0 saturated carbocycles. The van der Waals surface area contributed by atoms with Crippen molar-refractivity contribution in [1.29, 1.82) is 0 Å². The zero-order valence-corrected chi connectivity index (χ0v) is 10.3. The first kappa shape index (κ1) is 15.3. The van der Waals surface area contributed by atoms with Crippen molar-refractivity contribution in [2.45, 2.75) is 6.18 Å². The minimum atomic E-state index is -4.92. The van der Waals surface area contributed by atoms with Gasteiger partial charge in [-0.05, 0) is 12.1 Å². The van der Waals surface area contributed by atoms with Gasteiger partial charge in [0.25, 0.3) is 5.91 Å². The molecular weight excluding hydrogens is 285 g/mol. The first-order valence-corrected chi connectivity index (χ1v) is 5.58. The molecule has 0 aromatic heterocycles. The third kappa shape index (κ3) is 4.78. The van der Waals surface area contributed by atoms with Crippen LogP contribution in [0.1, 0.15) is 10.4 Å². The van der Waals surface area contributed by atoms with Gasteiger partial charge in [0.1, 0.15) is 0 Å². The molecule has 0 aliphatic carbocycles. The number of rotatable bonds is 4. The fourth-order valence-corrected chi connectivity index (χ4v) is 1.41. The summed E-state index contributed by atoms with van der Waals surface area (Å²) < 4.78 is 35.5. The van der Waals surface area contributed by atoms with E-state index in [1.165, 1.54) is 12.1 Å². The van der Waals surface area contributed by atoms with Crippen molar-refractivity contribution in [1.82, 2.24) is 10.6 Å². The van der Waals surface area contributed by atoms with E-state index in [4.69, 9.17) is 11.6 Å². The summed E-state index contributed by atoms with van der Waals surface area (Å²) in [6.45, 7) is -0.458. The summed E-state index contributed by atoms with van der Waals surface area (Å²) in [4.78, 5) is 22.0. The molecule has 0 fully saturated rings. The maximum absolute atomic E-state index is 11.8. The Hall–Kier alpha value is -1.76. The molecule has 2 N–H and O–H groups in total. The minimum absolute atomic E-state index is 0.133. The van der Waals surface area contributed by atoms with Gasteiger partial charge in [-0.25, -0.2) is 0 Å². The Balaban J connectivity index is 2.37. The molecule has 2 amide bonds. The lowest BCUT2D eigenvalue weighted by atomic mass is 10.2. The molecule has 1 rings (SSSR count). The molecule has 0 heterocycles. The topological polar surface area (TPSA) is 58.2 Å². The van der Waals surface area contributed by atoms with Crippen molar-refractivity contribution >= 4 is 23.4 Å². The second-order valence-corrected chi connectivity index (χ2v) is 3.90. The highest BCUT2D eigenvalue weighted by atomic mass is 35.5. The maximum atomic E-state index is 11.8. The Labute approximate surface area is 111 Å². The predicted molar refractivity (Wildman–Crippen MR) is 62.8 cm³/mol. The Bertz CT molecular complexity index is 477. The molecule has 0 atom stereocenters. The number of halogens is 4. The van der Waals surface area contributed by atoms with Gasteiger partial charge in [-0.15, -0.1) is 0 Å². The summed E-state index contributed by atoms with van der Waals surface area (Å²) in [6.07, 6.45) is -4.92. The van der Waals surface area contributed by atoms with Crippen LogP contribution >= 0.6 is 11.6 Å². The van der Waals surface area contributed by atoms with Gasteiger partial charge in [-0.2, -0.15) is 13.2 Å². The molecule has 1 aromatic carbocycles. The molecular formula is C11H10ClF3N2O2. The molecule has 0 unspecified atom stereocenters. The normalized spacial score (nSPS) is 10.9. The molecule has 0 aliphatic rings. The molecule has 0 aliphatic heterocycles. The largest absolute Gasteiger partial charge is 0.471 e. The fourth-order valence-electron chi connectivity index (χ4n) is 1.19. The first-order chi connectivity index (χ1) is 8.82. The highest BCUT2D eigenvalue weighted by molar-refractivity contribution is 6.33. The van der Waals surface area contributed by atoms with Crippen LogP contribution in [0.25, 0.3) is 0 Å². The zero-order valence-electron chi connectivity index (χ0n) is 9.55. The van der Waals surface area contributed by atoms with Crippen LogP contribution in [0, 0.1) is 0 Å². The van der Waals surface area contributed by atoms with E-state index in [0.717, 1.165) is 0 Å². The third-order valence-electron chi connectivity index (χ3n) is 2.07. The van der Waals surface area contributed by atoms with Gasteiger partial charge < -0.3 is 10.6 Å². The molecule has 8 heteroatoms. The Morgan fingerprint density at radius 1 is 1.11 bits per heavy atom. The predicted octanol–water partition coefficient (Wildman–Crippen LogP) is 1.75. The summed E-state index contributed by atoms with van der Waals surface area (Å²) in [5.74, 6) is -2.56. The van der Waals surface area contributed by atoms with E-state index in [0.29, 0.717) is 0 Å². The van der Waals surface area contributed by atoms with Crippen LogP contribution in [0.3, 0.4) is 0 Å². The highest BCUT2D eigenvalue weighted by Crippen LogP contribution is 2.14. The lowest BCUT2D eigenvalue weighted by Crippen LogP contribution is -2.41. The Morgan fingerprint density at radius 3 is 2.26 bits per heavy atom. The number of hydrogen-bond acceptors (Lipinski definition) is 2. The van der Waals surface area contributed by atoms with Crippen LogP contribution in [0.4, 0.5) is 13.2 Å². The van der Waals surface area contributed by atoms with E-state index in [1.807, 2.05) is 0 Å². The molecule has 0 spiro atoms. The summed E-state index contributed by atoms with van der Waals surface area (Å²) in [6, 6.07) is 6.24. The molecule has 0 saturated heterocycles. The second-order valence-electron chi connectivity index (χ2n) is 3.49. The number of amides is 2. The van der Waals surface area contributed by atoms with Crippen LogP contribution in [0.15, 0.2) is 24.3 Å². The van der Waals surface area contributed by atoms with Crippen LogP contribution in [-0.4, -0.2) is 31.1 Å². The Kier molecular flexibility index (Phi) is 5.17. The average Bonchev–Trinajstić information content (AvgIpc) is 2.33. The lowest BCUT2D eigenvalue weighted by molar-refractivity contribution is -0.173. The van der Waals surface area contributed by atoms with Gasteiger partial charge in [-0.3, -0.25) is 9.59 Å². The second kappa shape index (κ2) is 6.42. The van der Waals surface area contributed by atoms with Gasteiger partial charge in [0.2, 0.25) is 0 Å². The molecule has 1 aromatic rings. The van der Waals surface area contributed by atoms with Crippen molar-refractivity contribution in [3.8, 4) is 0 Å². The molecule has 4 nitrogen and oxygen atoms in total. The van der Waals surface area contributed by atoms with Crippen LogP contribution in [0.5, 0.6) is 0 Å². The molecule has 19 heavy (non-hydrogen) atoms. The number of carbonyl (C=O) groups is 2. The third-order valence-corrected chi connectivity index (χ3v) is 2.40. The van der Waals surface area contributed by atoms with Gasteiger partial charge >= 0.3 is 12.1 Å². The first-order valence-electron chi connectivity index (χ1n) is 5.20. The van der Waals surface area contributed by atoms with Gasteiger partial charge in [0, 0.05) is 13.1 Å². The number of nitrogens with one attached hydrogen (secondary N) is 2. The standard InChI is InChI=1S/C11H10ClF3N2O2/c12-8-4-2-1-3-7(8)9(18)16-5-6-17-10(19)11(13,14)15/h1-4H,5-6H2,(H,16,18)(H,17,19). The molecule has 104 valence electrons. The highest BCUT2D eigenvalue weighted by Gasteiger charge is 2.38. The van der Waals surface area contributed by atoms with E-state index in [9.17, 15) is 22.8 Å². The smallest absolute Gasteiger partial charge is 0.350 e. The summed E-state index contributed by atoms with van der Waals surface area (Å²) in [7, 11) is 0. The quantitative estimate of drug-likeness (QED) is 0.831. The van der Waals surface area contributed by atoms with Crippen molar-refractivity contribution in [2.24, 2.45) is 0 Å². The number of benzene rings is 1. The maximum Gasteiger partial charge on any atom is 0.471 e. The van der Waals surface area contributed by atoms with Gasteiger partial charge in [-0.1, -0.05) is 23.7 Å². The summed E-state index contributed by atoms with van der Waals surface area (Å²) in [5.41, 5.74) is 0.214. The van der Waals surface area contributed by atoms with Crippen LogP contribution in [0.2, 0.25) is 5.02 Å². The van der Waals surface area contributed by atoms with E-state index >= 15 is 0 Å². The molecule has 0 radical (unpaired) electrons. The van der Waals surface area contributed by atoms with Crippen LogP contribution in [-0.2, 0) is 4.79 Å². The van der Waals surface area contributed by atoms with Gasteiger partial charge in [0.05, 0.1) is 10.6 Å². The number of hydrogen-bond donors (Lipinski definition) is 2. The van der Waals surface area contributed by atoms with E-state index in [2.05, 4.69) is 5.32 Å². The van der Waals surface area contributed by atoms with Crippen molar-refractivity contribution < 1.29 is 22.8 Å². The van der Waals surface area contributed by atoms with E-state index in [-0.39, 0.29) is 23.7 Å². The van der Waals surface area contributed by atoms with Gasteiger partial charge in [0.15, 0.2) is 0 Å². The average molecular weight is 295 g/mol. The van der Waals surface area contributed by atoms with Crippen LogP contribution < -0.4 is 10.6 Å². The lowest BCUT2D eigenvalue weighted by Gasteiger charge is -2.09. The Morgan fingerprint density at radius 2 is 1.68 bits per heavy atom. The van der Waals surface area contributed by atoms with E-state index < -0.39 is 18.0 Å². The summed E-state index contributed by atoms with van der Waals surface area (Å²) in [5, 5.41) is 4.21. The zero-order chi connectivity index (χ0) is 14.5. The monoisotopic (exact) mass is 294 g/mol. The summed E-state index contributed by atoms with van der Waals surface area (Å²) >= 11 is 5.76. The SMILES string of the molecule is O=C(NCCNC(=O)C(F)(F)F)c1ccccc1Cl.